The number of anilines is 1. The molecule has 0 saturated carbocycles. The highest BCUT2D eigenvalue weighted by Crippen LogP contribution is 2.37. The van der Waals surface area contributed by atoms with E-state index in [2.05, 4.69) is 17.1 Å². The van der Waals surface area contributed by atoms with Crippen LogP contribution in [0.15, 0.2) is 18.2 Å². The summed E-state index contributed by atoms with van der Waals surface area (Å²) < 4.78 is 10.7. The standard InChI is InChI=1S/C13H15N3O2/c1-2-3-9-12(15-16-13(9)14)8-4-5-10-11(6-8)18-7-17-10/h4-6H,2-3,7H2,1H3,(H3,14,15,16). The molecule has 0 spiro atoms. The Balaban J connectivity index is 2.04. The van der Waals surface area contributed by atoms with Crippen LogP contribution in [0, 0.1) is 0 Å². The van der Waals surface area contributed by atoms with Crippen LogP contribution >= 0.6 is 0 Å². The van der Waals surface area contributed by atoms with Crippen molar-refractivity contribution in [3.05, 3.63) is 23.8 Å². The topological polar surface area (TPSA) is 73.2 Å². The lowest BCUT2D eigenvalue weighted by atomic mass is 10.0. The van der Waals surface area contributed by atoms with Crippen molar-refractivity contribution in [1.82, 2.24) is 10.2 Å². The third-order valence-electron chi connectivity index (χ3n) is 3.06. The number of nitrogen functional groups attached to an aromatic ring is 1. The highest BCUT2D eigenvalue weighted by atomic mass is 16.7. The smallest absolute Gasteiger partial charge is 0.231 e. The van der Waals surface area contributed by atoms with Crippen LogP contribution in [0.3, 0.4) is 0 Å². The van der Waals surface area contributed by atoms with Gasteiger partial charge in [-0.25, -0.2) is 0 Å². The van der Waals surface area contributed by atoms with Crippen LogP contribution in [-0.2, 0) is 6.42 Å². The fraction of sp³-hybridized carbons (Fsp3) is 0.308. The molecule has 0 aliphatic carbocycles. The number of aromatic amines is 1. The van der Waals surface area contributed by atoms with E-state index in [9.17, 15) is 0 Å². The minimum atomic E-state index is 0.283. The number of rotatable bonds is 3. The van der Waals surface area contributed by atoms with E-state index in [0.717, 1.165) is 41.2 Å². The second-order valence-electron chi connectivity index (χ2n) is 4.28. The second-order valence-corrected chi connectivity index (χ2v) is 4.28. The van der Waals surface area contributed by atoms with Gasteiger partial charge in [-0.15, -0.1) is 0 Å². The van der Waals surface area contributed by atoms with Gasteiger partial charge in [0.15, 0.2) is 11.5 Å². The summed E-state index contributed by atoms with van der Waals surface area (Å²) in [6.45, 7) is 2.40. The first-order valence-electron chi connectivity index (χ1n) is 6.02. The van der Waals surface area contributed by atoms with Gasteiger partial charge in [-0.05, 0) is 24.6 Å². The molecular formula is C13H15N3O2. The molecule has 94 valence electrons. The Labute approximate surface area is 105 Å². The van der Waals surface area contributed by atoms with Crippen molar-refractivity contribution in [3.8, 4) is 22.8 Å². The summed E-state index contributed by atoms with van der Waals surface area (Å²) in [4.78, 5) is 0. The largest absolute Gasteiger partial charge is 0.454 e. The Hall–Kier alpha value is -2.17. The average Bonchev–Trinajstić information content (AvgIpc) is 2.97. The second kappa shape index (κ2) is 4.25. The molecule has 3 rings (SSSR count). The molecule has 5 heteroatoms. The Morgan fingerprint density at radius 2 is 2.17 bits per heavy atom. The SMILES string of the molecule is CCCc1c(N)n[nH]c1-c1ccc2c(c1)OCO2. The zero-order valence-corrected chi connectivity index (χ0v) is 10.2. The number of nitrogens with zero attached hydrogens (tertiary/aromatic N) is 1. The predicted molar refractivity (Wildman–Crippen MR) is 68.6 cm³/mol. The van der Waals surface area contributed by atoms with Gasteiger partial charge in [0.25, 0.3) is 0 Å². The summed E-state index contributed by atoms with van der Waals surface area (Å²) >= 11 is 0. The first-order chi connectivity index (χ1) is 8.79. The van der Waals surface area contributed by atoms with Crippen LogP contribution in [0.25, 0.3) is 11.3 Å². The van der Waals surface area contributed by atoms with Crippen molar-refractivity contribution in [2.24, 2.45) is 0 Å². The maximum absolute atomic E-state index is 5.88. The zero-order valence-electron chi connectivity index (χ0n) is 10.2. The van der Waals surface area contributed by atoms with E-state index >= 15 is 0 Å². The number of nitrogens with one attached hydrogen (secondary N) is 1. The lowest BCUT2D eigenvalue weighted by Gasteiger charge is -2.04. The first-order valence-corrected chi connectivity index (χ1v) is 6.02. The molecule has 1 aromatic carbocycles. The molecule has 1 aliphatic heterocycles. The molecule has 18 heavy (non-hydrogen) atoms. The minimum absolute atomic E-state index is 0.283. The number of hydrogen-bond donors (Lipinski definition) is 2. The molecule has 0 atom stereocenters. The van der Waals surface area contributed by atoms with Crippen LogP contribution in [0.5, 0.6) is 11.5 Å². The molecule has 0 amide bonds. The zero-order chi connectivity index (χ0) is 12.5. The van der Waals surface area contributed by atoms with Gasteiger partial charge in [0.05, 0.1) is 5.69 Å². The van der Waals surface area contributed by atoms with Crippen molar-refractivity contribution < 1.29 is 9.47 Å². The molecule has 3 N–H and O–H groups in total. The monoisotopic (exact) mass is 245 g/mol. The number of hydrogen-bond acceptors (Lipinski definition) is 4. The Morgan fingerprint density at radius 1 is 1.33 bits per heavy atom. The molecule has 5 nitrogen and oxygen atoms in total. The van der Waals surface area contributed by atoms with E-state index in [1.165, 1.54) is 0 Å². The van der Waals surface area contributed by atoms with E-state index in [4.69, 9.17) is 15.2 Å². The molecule has 0 bridgehead atoms. The number of H-pyrrole nitrogens is 1. The van der Waals surface area contributed by atoms with E-state index in [1.54, 1.807) is 0 Å². The number of benzene rings is 1. The van der Waals surface area contributed by atoms with Crippen molar-refractivity contribution >= 4 is 5.82 Å². The molecule has 2 heterocycles. The maximum atomic E-state index is 5.88. The van der Waals surface area contributed by atoms with Crippen LogP contribution in [0.1, 0.15) is 18.9 Å². The fourth-order valence-electron chi connectivity index (χ4n) is 2.17. The molecular weight excluding hydrogens is 230 g/mol. The third kappa shape index (κ3) is 1.68. The Morgan fingerprint density at radius 3 is 3.00 bits per heavy atom. The van der Waals surface area contributed by atoms with Gasteiger partial charge in [0, 0.05) is 11.1 Å². The normalized spacial score (nSPS) is 12.9. The molecule has 1 aromatic heterocycles. The summed E-state index contributed by atoms with van der Waals surface area (Å²) in [5.74, 6) is 2.12. The van der Waals surface area contributed by atoms with Crippen molar-refractivity contribution in [3.63, 3.8) is 0 Å². The average molecular weight is 245 g/mol. The summed E-state index contributed by atoms with van der Waals surface area (Å²) in [5, 5.41) is 7.08. The van der Waals surface area contributed by atoms with E-state index in [1.807, 2.05) is 18.2 Å². The van der Waals surface area contributed by atoms with Crippen molar-refractivity contribution in [2.75, 3.05) is 12.5 Å². The molecule has 0 radical (unpaired) electrons. The van der Waals surface area contributed by atoms with E-state index in [-0.39, 0.29) is 6.79 Å². The number of ether oxygens (including phenoxy) is 2. The van der Waals surface area contributed by atoms with E-state index in [0.29, 0.717) is 5.82 Å². The van der Waals surface area contributed by atoms with Gasteiger partial charge in [-0.2, -0.15) is 5.10 Å². The molecule has 1 aliphatic rings. The minimum Gasteiger partial charge on any atom is -0.454 e. The van der Waals surface area contributed by atoms with Crippen LogP contribution in [0.4, 0.5) is 5.82 Å². The van der Waals surface area contributed by atoms with Crippen LogP contribution in [0.2, 0.25) is 0 Å². The van der Waals surface area contributed by atoms with Gasteiger partial charge in [0.1, 0.15) is 5.82 Å². The Bertz CT molecular complexity index is 578. The number of aromatic nitrogens is 2. The van der Waals surface area contributed by atoms with Gasteiger partial charge in [-0.1, -0.05) is 13.3 Å². The summed E-state index contributed by atoms with van der Waals surface area (Å²) in [6, 6.07) is 5.85. The van der Waals surface area contributed by atoms with Gasteiger partial charge < -0.3 is 15.2 Å². The summed E-state index contributed by atoms with van der Waals surface area (Å²) in [7, 11) is 0. The van der Waals surface area contributed by atoms with Gasteiger partial charge >= 0.3 is 0 Å². The maximum Gasteiger partial charge on any atom is 0.231 e. The van der Waals surface area contributed by atoms with Crippen molar-refractivity contribution in [2.45, 2.75) is 19.8 Å². The molecule has 0 fully saturated rings. The lowest BCUT2D eigenvalue weighted by Crippen LogP contribution is -1.93. The van der Waals surface area contributed by atoms with Gasteiger partial charge in [0.2, 0.25) is 6.79 Å². The van der Waals surface area contributed by atoms with E-state index < -0.39 is 0 Å². The quantitative estimate of drug-likeness (QED) is 0.870. The highest BCUT2D eigenvalue weighted by Gasteiger charge is 2.17. The Kier molecular flexibility index (Phi) is 2.59. The summed E-state index contributed by atoms with van der Waals surface area (Å²) in [5.41, 5.74) is 8.93. The first kappa shape index (κ1) is 11.0. The molecule has 0 saturated heterocycles. The lowest BCUT2D eigenvalue weighted by molar-refractivity contribution is 0.174. The van der Waals surface area contributed by atoms with Crippen LogP contribution in [-0.4, -0.2) is 17.0 Å². The van der Waals surface area contributed by atoms with Crippen molar-refractivity contribution in [1.29, 1.82) is 0 Å². The van der Waals surface area contributed by atoms with Crippen LogP contribution < -0.4 is 15.2 Å². The summed E-state index contributed by atoms with van der Waals surface area (Å²) in [6.07, 6.45) is 1.94. The third-order valence-corrected chi connectivity index (χ3v) is 3.06. The number of nitrogens with two attached hydrogens (primary N) is 1. The highest BCUT2D eigenvalue weighted by molar-refractivity contribution is 5.70. The fourth-order valence-corrected chi connectivity index (χ4v) is 2.17. The molecule has 2 aromatic rings. The predicted octanol–water partition coefficient (Wildman–Crippen LogP) is 2.34. The van der Waals surface area contributed by atoms with Gasteiger partial charge in [-0.3, -0.25) is 5.10 Å². The molecule has 0 unspecified atom stereocenters. The number of fused-ring (bicyclic) bond motifs is 1.